The summed E-state index contributed by atoms with van der Waals surface area (Å²) in [6.45, 7) is 0.275. The zero-order valence-electron chi connectivity index (χ0n) is 11.6. The first kappa shape index (κ1) is 15.1. The maximum absolute atomic E-state index is 13.0. The number of anilines is 1. The number of halogens is 1. The Labute approximate surface area is 127 Å². The van der Waals surface area contributed by atoms with Gasteiger partial charge in [0.2, 0.25) is 0 Å². The Morgan fingerprint density at radius 1 is 1.14 bits per heavy atom. The number of nitrogens with one attached hydrogen (secondary N) is 1. The number of nitriles is 2. The van der Waals surface area contributed by atoms with Crippen LogP contribution in [0.1, 0.15) is 5.56 Å². The molecule has 0 aliphatic carbocycles. The summed E-state index contributed by atoms with van der Waals surface area (Å²) in [5, 5.41) is 20.1. The molecule has 0 unspecified atom stereocenters. The van der Waals surface area contributed by atoms with Gasteiger partial charge in [-0.25, -0.2) is 4.39 Å². The SMILES string of the molecule is N#CC(C#N)=CNc1ccc(OCc2cccc(F)c2)cc1. The van der Waals surface area contributed by atoms with Gasteiger partial charge in [0.25, 0.3) is 0 Å². The highest BCUT2D eigenvalue weighted by Crippen LogP contribution is 2.17. The topological polar surface area (TPSA) is 68.8 Å². The highest BCUT2D eigenvalue weighted by molar-refractivity contribution is 5.51. The quantitative estimate of drug-likeness (QED) is 0.852. The van der Waals surface area contributed by atoms with E-state index in [1.54, 1.807) is 48.5 Å². The first-order valence-corrected chi connectivity index (χ1v) is 6.45. The Bertz CT molecular complexity index is 739. The number of allylic oxidation sites excluding steroid dienone is 1. The summed E-state index contributed by atoms with van der Waals surface area (Å²) < 4.78 is 18.6. The van der Waals surface area contributed by atoms with Gasteiger partial charge in [0, 0.05) is 11.9 Å². The fraction of sp³-hybridized carbons (Fsp3) is 0.0588. The molecule has 0 aliphatic heterocycles. The maximum atomic E-state index is 13.0. The molecular formula is C17H12FN3O. The number of benzene rings is 2. The molecule has 0 saturated carbocycles. The van der Waals surface area contributed by atoms with Crippen molar-refractivity contribution in [3.8, 4) is 17.9 Å². The lowest BCUT2D eigenvalue weighted by molar-refractivity contribution is 0.305. The van der Waals surface area contributed by atoms with Crippen LogP contribution < -0.4 is 10.1 Å². The van der Waals surface area contributed by atoms with Crippen LogP contribution in [-0.2, 0) is 6.61 Å². The fourth-order valence-electron chi connectivity index (χ4n) is 1.69. The molecule has 0 aliphatic rings. The lowest BCUT2D eigenvalue weighted by atomic mass is 10.2. The minimum absolute atomic E-state index is 0.00793. The van der Waals surface area contributed by atoms with Crippen molar-refractivity contribution in [2.75, 3.05) is 5.32 Å². The van der Waals surface area contributed by atoms with Crippen LogP contribution in [0.2, 0.25) is 0 Å². The van der Waals surface area contributed by atoms with E-state index < -0.39 is 0 Å². The van der Waals surface area contributed by atoms with Crippen molar-refractivity contribution in [1.29, 1.82) is 10.5 Å². The van der Waals surface area contributed by atoms with Gasteiger partial charge in [0.15, 0.2) is 0 Å². The molecule has 0 fully saturated rings. The Morgan fingerprint density at radius 2 is 1.86 bits per heavy atom. The highest BCUT2D eigenvalue weighted by atomic mass is 19.1. The average Bonchev–Trinajstić information content (AvgIpc) is 2.55. The van der Waals surface area contributed by atoms with Crippen molar-refractivity contribution >= 4 is 5.69 Å². The van der Waals surface area contributed by atoms with Crippen LogP contribution in [-0.4, -0.2) is 0 Å². The molecular weight excluding hydrogens is 281 g/mol. The highest BCUT2D eigenvalue weighted by Gasteiger charge is 1.98. The molecule has 4 nitrogen and oxygen atoms in total. The van der Waals surface area contributed by atoms with Crippen molar-refractivity contribution in [3.05, 3.63) is 71.7 Å². The predicted octanol–water partition coefficient (Wildman–Crippen LogP) is 3.75. The Hall–Kier alpha value is -3.31. The molecule has 0 heterocycles. The van der Waals surface area contributed by atoms with Crippen molar-refractivity contribution in [3.63, 3.8) is 0 Å². The van der Waals surface area contributed by atoms with E-state index in [4.69, 9.17) is 15.3 Å². The van der Waals surface area contributed by atoms with Gasteiger partial charge < -0.3 is 10.1 Å². The van der Waals surface area contributed by atoms with Crippen LogP contribution in [0.25, 0.3) is 0 Å². The van der Waals surface area contributed by atoms with Crippen molar-refractivity contribution < 1.29 is 9.13 Å². The van der Waals surface area contributed by atoms with Gasteiger partial charge in [0.1, 0.15) is 35.9 Å². The molecule has 2 rings (SSSR count). The first-order valence-electron chi connectivity index (χ1n) is 6.45. The van der Waals surface area contributed by atoms with E-state index >= 15 is 0 Å². The van der Waals surface area contributed by atoms with Crippen molar-refractivity contribution in [1.82, 2.24) is 0 Å². The van der Waals surface area contributed by atoms with E-state index in [-0.39, 0.29) is 18.0 Å². The van der Waals surface area contributed by atoms with Crippen molar-refractivity contribution in [2.45, 2.75) is 6.61 Å². The number of hydrogen-bond donors (Lipinski definition) is 1. The summed E-state index contributed by atoms with van der Waals surface area (Å²) in [5.41, 5.74) is 1.46. The van der Waals surface area contributed by atoms with E-state index in [2.05, 4.69) is 5.32 Å². The van der Waals surface area contributed by atoms with Gasteiger partial charge in [-0.1, -0.05) is 12.1 Å². The predicted molar refractivity (Wildman–Crippen MR) is 80.1 cm³/mol. The summed E-state index contributed by atoms with van der Waals surface area (Å²) in [6.07, 6.45) is 1.34. The average molecular weight is 293 g/mol. The second kappa shape index (κ2) is 7.47. The van der Waals surface area contributed by atoms with Crippen LogP contribution in [0.15, 0.2) is 60.3 Å². The monoisotopic (exact) mass is 293 g/mol. The molecule has 0 bridgehead atoms. The third-order valence-electron chi connectivity index (χ3n) is 2.77. The standard InChI is InChI=1S/C17H12FN3O/c18-15-3-1-2-13(8-15)12-22-17-6-4-16(5-7-17)21-11-14(9-19)10-20/h1-8,11,21H,12H2. The maximum Gasteiger partial charge on any atom is 0.145 e. The van der Waals surface area contributed by atoms with Gasteiger partial charge in [-0.3, -0.25) is 0 Å². The third-order valence-corrected chi connectivity index (χ3v) is 2.77. The van der Waals surface area contributed by atoms with Gasteiger partial charge in [0.05, 0.1) is 0 Å². The third kappa shape index (κ3) is 4.36. The molecule has 0 aromatic heterocycles. The van der Waals surface area contributed by atoms with Crippen LogP contribution in [0, 0.1) is 28.5 Å². The second-order valence-electron chi connectivity index (χ2n) is 4.37. The van der Waals surface area contributed by atoms with Crippen LogP contribution >= 0.6 is 0 Å². The van der Waals surface area contributed by atoms with E-state index in [9.17, 15) is 4.39 Å². The summed E-state index contributed by atoms with van der Waals surface area (Å²) in [5.74, 6) is 0.345. The van der Waals surface area contributed by atoms with Crippen molar-refractivity contribution in [2.24, 2.45) is 0 Å². The summed E-state index contributed by atoms with van der Waals surface area (Å²) in [7, 11) is 0. The lowest BCUT2D eigenvalue weighted by Crippen LogP contribution is -1.96. The van der Waals surface area contributed by atoms with E-state index in [0.717, 1.165) is 11.3 Å². The van der Waals surface area contributed by atoms with Gasteiger partial charge in [-0.2, -0.15) is 10.5 Å². The molecule has 0 amide bonds. The number of nitrogens with zero attached hydrogens (tertiary/aromatic N) is 2. The molecule has 0 saturated heterocycles. The molecule has 108 valence electrons. The molecule has 2 aromatic carbocycles. The van der Waals surface area contributed by atoms with Crippen LogP contribution in [0.3, 0.4) is 0 Å². The molecule has 0 radical (unpaired) electrons. The Balaban J connectivity index is 1.94. The normalized spacial score (nSPS) is 9.23. The van der Waals surface area contributed by atoms with Gasteiger partial charge in [-0.15, -0.1) is 0 Å². The molecule has 2 aromatic rings. The summed E-state index contributed by atoms with van der Waals surface area (Å²) in [6, 6.07) is 16.7. The fourth-order valence-corrected chi connectivity index (χ4v) is 1.69. The molecule has 5 heteroatoms. The minimum Gasteiger partial charge on any atom is -0.489 e. The zero-order chi connectivity index (χ0) is 15.8. The molecule has 0 atom stereocenters. The molecule has 22 heavy (non-hydrogen) atoms. The lowest BCUT2D eigenvalue weighted by Gasteiger charge is -2.07. The Kier molecular flexibility index (Phi) is 5.12. The van der Waals surface area contributed by atoms with E-state index in [1.165, 1.54) is 18.3 Å². The second-order valence-corrected chi connectivity index (χ2v) is 4.37. The zero-order valence-corrected chi connectivity index (χ0v) is 11.6. The summed E-state index contributed by atoms with van der Waals surface area (Å²) in [4.78, 5) is 0. The smallest absolute Gasteiger partial charge is 0.145 e. The Morgan fingerprint density at radius 3 is 2.50 bits per heavy atom. The number of ether oxygens (including phenoxy) is 1. The van der Waals surface area contributed by atoms with Crippen LogP contribution in [0.5, 0.6) is 5.75 Å². The van der Waals surface area contributed by atoms with Gasteiger partial charge >= 0.3 is 0 Å². The summed E-state index contributed by atoms with van der Waals surface area (Å²) >= 11 is 0. The van der Waals surface area contributed by atoms with E-state index in [0.29, 0.717) is 5.75 Å². The van der Waals surface area contributed by atoms with E-state index in [1.807, 2.05) is 0 Å². The van der Waals surface area contributed by atoms with Gasteiger partial charge in [-0.05, 0) is 42.0 Å². The largest absolute Gasteiger partial charge is 0.489 e. The number of rotatable bonds is 5. The molecule has 0 spiro atoms. The first-order chi connectivity index (χ1) is 10.7. The molecule has 1 N–H and O–H groups in total. The minimum atomic E-state index is -0.293. The number of hydrogen-bond acceptors (Lipinski definition) is 4. The van der Waals surface area contributed by atoms with Crippen LogP contribution in [0.4, 0.5) is 10.1 Å².